The van der Waals surface area contributed by atoms with Crippen LogP contribution in [0.5, 0.6) is 0 Å². The van der Waals surface area contributed by atoms with Gasteiger partial charge in [0.1, 0.15) is 0 Å². The van der Waals surface area contributed by atoms with E-state index < -0.39 is 0 Å². The largest absolute Gasteiger partial charge is 0.459 e. The summed E-state index contributed by atoms with van der Waals surface area (Å²) in [5.41, 5.74) is 3.29. The Morgan fingerprint density at radius 2 is 1.59 bits per heavy atom. The maximum atomic E-state index is 12.5. The number of hydrogen-bond donors (Lipinski definition) is 1. The summed E-state index contributed by atoms with van der Waals surface area (Å²) in [7, 11) is 0. The van der Waals surface area contributed by atoms with Crippen molar-refractivity contribution in [3.63, 3.8) is 0 Å². The molecule has 0 aliphatic heterocycles. The minimum Gasteiger partial charge on any atom is -0.459 e. The molecule has 0 atom stereocenters. The van der Waals surface area contributed by atoms with E-state index in [0.717, 1.165) is 5.56 Å². The van der Waals surface area contributed by atoms with E-state index in [1.807, 2.05) is 36.4 Å². The summed E-state index contributed by atoms with van der Waals surface area (Å²) in [4.78, 5) is 12.5. The molecule has 2 aromatic heterocycles. The molecule has 2 aromatic carbocycles. The third-order valence-corrected chi connectivity index (χ3v) is 4.56. The number of aromatic nitrogens is 2. The van der Waals surface area contributed by atoms with Gasteiger partial charge in [-0.2, -0.15) is 0 Å². The van der Waals surface area contributed by atoms with Crippen LogP contribution in [0.3, 0.4) is 0 Å². The molecule has 1 amide bonds. The normalized spacial score (nSPS) is 11.4. The fourth-order valence-electron chi connectivity index (χ4n) is 2.86. The van der Waals surface area contributed by atoms with Crippen LogP contribution in [0.15, 0.2) is 75.8 Å². The van der Waals surface area contributed by atoms with E-state index in [-0.39, 0.29) is 11.3 Å². The fourth-order valence-corrected chi connectivity index (χ4v) is 2.86. The summed E-state index contributed by atoms with van der Waals surface area (Å²) in [6.07, 6.45) is 1.55. The van der Waals surface area contributed by atoms with Crippen molar-refractivity contribution >= 4 is 11.6 Å². The molecule has 6 heteroatoms. The van der Waals surface area contributed by atoms with E-state index in [1.54, 1.807) is 30.5 Å². The molecular formula is C23H21N3O3. The standard InChI is InChI=1S/C23H21N3O3/c1-23(2,3)17-10-6-15(7-11-17)20(27)24-18-12-8-16(9-13-18)21-25-26-22(29-21)19-5-4-14-28-19/h4-14H,1-3H3,(H,24,27). The number of amides is 1. The van der Waals surface area contributed by atoms with Gasteiger partial charge in [0.05, 0.1) is 6.26 Å². The van der Waals surface area contributed by atoms with Crippen LogP contribution >= 0.6 is 0 Å². The second kappa shape index (κ2) is 7.39. The van der Waals surface area contributed by atoms with Crippen LogP contribution in [0.1, 0.15) is 36.7 Å². The number of anilines is 1. The molecule has 1 N–H and O–H groups in total. The number of carbonyl (C=O) groups is 1. The minimum atomic E-state index is -0.156. The fraction of sp³-hybridized carbons (Fsp3) is 0.174. The molecule has 29 heavy (non-hydrogen) atoms. The Hall–Kier alpha value is -3.67. The number of benzene rings is 2. The zero-order valence-corrected chi connectivity index (χ0v) is 16.5. The summed E-state index contributed by atoms with van der Waals surface area (Å²) in [6.45, 7) is 6.43. The average molecular weight is 387 g/mol. The lowest BCUT2D eigenvalue weighted by atomic mass is 9.87. The number of nitrogens with one attached hydrogen (secondary N) is 1. The third-order valence-electron chi connectivity index (χ3n) is 4.56. The smallest absolute Gasteiger partial charge is 0.283 e. The van der Waals surface area contributed by atoms with E-state index in [4.69, 9.17) is 8.83 Å². The molecule has 4 aromatic rings. The second-order valence-electron chi connectivity index (χ2n) is 7.75. The predicted octanol–water partition coefficient (Wildman–Crippen LogP) is 5.55. The van der Waals surface area contributed by atoms with Crippen molar-refractivity contribution < 1.29 is 13.6 Å². The number of carbonyl (C=O) groups excluding carboxylic acids is 1. The molecule has 0 saturated carbocycles. The van der Waals surface area contributed by atoms with Crippen molar-refractivity contribution in [1.29, 1.82) is 0 Å². The molecular weight excluding hydrogens is 366 g/mol. The zero-order chi connectivity index (χ0) is 20.4. The van der Waals surface area contributed by atoms with Crippen LogP contribution < -0.4 is 5.32 Å². The lowest BCUT2D eigenvalue weighted by Gasteiger charge is -2.19. The van der Waals surface area contributed by atoms with E-state index in [9.17, 15) is 4.79 Å². The Bertz CT molecular complexity index is 1100. The Morgan fingerprint density at radius 1 is 0.897 bits per heavy atom. The van der Waals surface area contributed by atoms with Crippen LogP contribution in [-0.2, 0) is 5.41 Å². The molecule has 0 saturated heterocycles. The highest BCUT2D eigenvalue weighted by atomic mass is 16.4. The Morgan fingerprint density at radius 3 is 2.21 bits per heavy atom. The summed E-state index contributed by atoms with van der Waals surface area (Å²) >= 11 is 0. The predicted molar refractivity (Wildman–Crippen MR) is 111 cm³/mol. The van der Waals surface area contributed by atoms with Crippen LogP contribution in [0.25, 0.3) is 23.1 Å². The van der Waals surface area contributed by atoms with Gasteiger partial charge < -0.3 is 14.2 Å². The maximum absolute atomic E-state index is 12.5. The molecule has 0 aliphatic carbocycles. The van der Waals surface area contributed by atoms with Gasteiger partial charge in [0.15, 0.2) is 5.76 Å². The topological polar surface area (TPSA) is 81.2 Å². The zero-order valence-electron chi connectivity index (χ0n) is 16.5. The van der Waals surface area contributed by atoms with Crippen molar-refractivity contribution in [3.05, 3.63) is 78.1 Å². The molecule has 6 nitrogen and oxygen atoms in total. The Labute approximate surface area is 168 Å². The second-order valence-corrected chi connectivity index (χ2v) is 7.75. The lowest BCUT2D eigenvalue weighted by molar-refractivity contribution is 0.102. The SMILES string of the molecule is CC(C)(C)c1ccc(C(=O)Nc2ccc(-c3nnc(-c4ccco4)o3)cc2)cc1. The molecule has 0 bridgehead atoms. The van der Waals surface area contributed by atoms with Crippen LogP contribution in [0, 0.1) is 0 Å². The first kappa shape index (κ1) is 18.7. The first-order valence-electron chi connectivity index (χ1n) is 9.30. The minimum absolute atomic E-state index is 0.0520. The van der Waals surface area contributed by atoms with Gasteiger partial charge in [0.2, 0.25) is 5.89 Å². The highest BCUT2D eigenvalue weighted by molar-refractivity contribution is 6.04. The first-order valence-corrected chi connectivity index (χ1v) is 9.30. The monoisotopic (exact) mass is 387 g/mol. The lowest BCUT2D eigenvalue weighted by Crippen LogP contribution is -2.14. The van der Waals surface area contributed by atoms with Crippen LogP contribution in [-0.4, -0.2) is 16.1 Å². The van der Waals surface area contributed by atoms with Crippen LogP contribution in [0.4, 0.5) is 5.69 Å². The number of furan rings is 1. The van der Waals surface area contributed by atoms with Gasteiger partial charge in [-0.05, 0) is 59.5 Å². The molecule has 0 spiro atoms. The summed E-state index contributed by atoms with van der Waals surface area (Å²) in [6, 6.07) is 18.4. The maximum Gasteiger partial charge on any atom is 0.283 e. The van der Waals surface area contributed by atoms with E-state index >= 15 is 0 Å². The molecule has 0 aliphatic rings. The van der Waals surface area contributed by atoms with Crippen molar-refractivity contribution in [2.75, 3.05) is 5.32 Å². The summed E-state index contributed by atoms with van der Waals surface area (Å²) in [5, 5.41) is 10.9. The Kier molecular flexibility index (Phi) is 4.76. The first-order chi connectivity index (χ1) is 13.9. The molecule has 146 valence electrons. The number of hydrogen-bond acceptors (Lipinski definition) is 5. The van der Waals surface area contributed by atoms with E-state index in [2.05, 4.69) is 36.3 Å². The van der Waals surface area contributed by atoms with E-state index in [1.165, 1.54) is 5.56 Å². The van der Waals surface area contributed by atoms with Gasteiger partial charge in [0.25, 0.3) is 11.8 Å². The highest BCUT2D eigenvalue weighted by Crippen LogP contribution is 2.26. The van der Waals surface area contributed by atoms with Gasteiger partial charge >= 0.3 is 0 Å². The highest BCUT2D eigenvalue weighted by Gasteiger charge is 2.15. The van der Waals surface area contributed by atoms with Crippen molar-refractivity contribution in [3.8, 4) is 23.1 Å². The van der Waals surface area contributed by atoms with Gasteiger partial charge in [0, 0.05) is 16.8 Å². The van der Waals surface area contributed by atoms with Crippen LogP contribution in [0.2, 0.25) is 0 Å². The van der Waals surface area contributed by atoms with Crippen molar-refractivity contribution in [1.82, 2.24) is 10.2 Å². The molecule has 4 rings (SSSR count). The average Bonchev–Trinajstić information content (AvgIpc) is 3.40. The molecule has 0 unspecified atom stereocenters. The quantitative estimate of drug-likeness (QED) is 0.497. The third kappa shape index (κ3) is 4.11. The molecule has 0 radical (unpaired) electrons. The number of nitrogens with zero attached hydrogens (tertiary/aromatic N) is 2. The van der Waals surface area contributed by atoms with Gasteiger partial charge in [-0.25, -0.2) is 0 Å². The van der Waals surface area contributed by atoms with E-state index in [0.29, 0.717) is 28.8 Å². The van der Waals surface area contributed by atoms with Gasteiger partial charge in [-0.3, -0.25) is 4.79 Å². The molecule has 2 heterocycles. The van der Waals surface area contributed by atoms with Crippen molar-refractivity contribution in [2.24, 2.45) is 0 Å². The molecule has 0 fully saturated rings. The van der Waals surface area contributed by atoms with Gasteiger partial charge in [-0.15, -0.1) is 10.2 Å². The van der Waals surface area contributed by atoms with Gasteiger partial charge in [-0.1, -0.05) is 32.9 Å². The summed E-state index contributed by atoms with van der Waals surface area (Å²) in [5.74, 6) is 1.06. The Balaban J connectivity index is 1.45. The summed E-state index contributed by atoms with van der Waals surface area (Å²) < 4.78 is 10.9. The number of rotatable bonds is 4. The van der Waals surface area contributed by atoms with Crippen molar-refractivity contribution in [2.45, 2.75) is 26.2 Å².